The molecule has 2 radical (unpaired) electrons. The highest BCUT2D eigenvalue weighted by molar-refractivity contribution is 6.08. The SMILES string of the molecule is [B]CCc1ccc(CC)cc1. The maximum atomic E-state index is 5.43. The molecule has 0 spiro atoms. The van der Waals surface area contributed by atoms with E-state index in [1.165, 1.54) is 11.1 Å². The zero-order valence-corrected chi connectivity index (χ0v) is 7.01. The first-order chi connectivity index (χ1) is 5.36. The Morgan fingerprint density at radius 1 is 1.09 bits per heavy atom. The predicted molar refractivity (Wildman–Crippen MR) is 50.1 cm³/mol. The number of hydrogen-bond acceptors (Lipinski definition) is 0. The van der Waals surface area contributed by atoms with E-state index in [9.17, 15) is 0 Å². The van der Waals surface area contributed by atoms with Gasteiger partial charge in [0, 0.05) is 0 Å². The third-order valence-corrected chi connectivity index (χ3v) is 1.86. The number of aryl methyl sites for hydroxylation is 2. The monoisotopic (exact) mass is 144 g/mol. The Balaban J connectivity index is 2.66. The highest BCUT2D eigenvalue weighted by atomic mass is 13.9. The molecule has 0 nitrogen and oxygen atoms in total. The molecule has 1 heteroatoms. The first kappa shape index (κ1) is 8.38. The lowest BCUT2D eigenvalue weighted by molar-refractivity contribution is 1.10. The molecule has 1 aromatic rings. The highest BCUT2D eigenvalue weighted by Crippen LogP contribution is 2.06. The van der Waals surface area contributed by atoms with Crippen LogP contribution in [0.25, 0.3) is 0 Å². The van der Waals surface area contributed by atoms with E-state index in [2.05, 4.69) is 31.2 Å². The van der Waals surface area contributed by atoms with Gasteiger partial charge in [-0.25, -0.2) is 0 Å². The summed E-state index contributed by atoms with van der Waals surface area (Å²) in [7, 11) is 5.43. The largest absolute Gasteiger partial charge is 0.0847 e. The summed E-state index contributed by atoms with van der Waals surface area (Å²) in [5, 5.41) is 0. The number of benzene rings is 1. The summed E-state index contributed by atoms with van der Waals surface area (Å²) in [6, 6.07) is 8.66. The minimum Gasteiger partial charge on any atom is -0.0847 e. The van der Waals surface area contributed by atoms with Crippen LogP contribution in [-0.2, 0) is 12.8 Å². The van der Waals surface area contributed by atoms with Crippen LogP contribution in [0.5, 0.6) is 0 Å². The van der Waals surface area contributed by atoms with Gasteiger partial charge in [-0.3, -0.25) is 0 Å². The van der Waals surface area contributed by atoms with Gasteiger partial charge in [-0.1, -0.05) is 37.5 Å². The molecule has 0 amide bonds. The van der Waals surface area contributed by atoms with E-state index in [1.807, 2.05) is 0 Å². The van der Waals surface area contributed by atoms with Gasteiger partial charge in [0.05, 0.1) is 7.85 Å². The van der Waals surface area contributed by atoms with Gasteiger partial charge in [0.1, 0.15) is 0 Å². The Kier molecular flexibility index (Phi) is 3.22. The molecular weight excluding hydrogens is 131 g/mol. The van der Waals surface area contributed by atoms with E-state index in [-0.39, 0.29) is 0 Å². The topological polar surface area (TPSA) is 0 Å². The summed E-state index contributed by atoms with van der Waals surface area (Å²) in [6.45, 7) is 2.16. The van der Waals surface area contributed by atoms with E-state index < -0.39 is 0 Å². The highest BCUT2D eigenvalue weighted by Gasteiger charge is 1.90. The molecule has 11 heavy (non-hydrogen) atoms. The smallest absolute Gasteiger partial charge is 0.0657 e. The maximum absolute atomic E-state index is 5.43. The van der Waals surface area contributed by atoms with Gasteiger partial charge in [-0.05, 0) is 24.0 Å². The van der Waals surface area contributed by atoms with Crippen molar-refractivity contribution in [3.05, 3.63) is 35.4 Å². The zero-order valence-electron chi connectivity index (χ0n) is 7.01. The van der Waals surface area contributed by atoms with Gasteiger partial charge in [0.2, 0.25) is 0 Å². The van der Waals surface area contributed by atoms with Crippen molar-refractivity contribution in [3.8, 4) is 0 Å². The molecule has 0 aliphatic heterocycles. The summed E-state index contributed by atoms with van der Waals surface area (Å²) < 4.78 is 0. The lowest BCUT2D eigenvalue weighted by Gasteiger charge is -1.99. The van der Waals surface area contributed by atoms with Crippen LogP contribution in [0.3, 0.4) is 0 Å². The molecular formula is C10H13B. The molecule has 0 unspecified atom stereocenters. The Morgan fingerprint density at radius 3 is 2.09 bits per heavy atom. The maximum Gasteiger partial charge on any atom is 0.0657 e. The van der Waals surface area contributed by atoms with Crippen molar-refractivity contribution < 1.29 is 0 Å². The quantitative estimate of drug-likeness (QED) is 0.571. The second-order valence-electron chi connectivity index (χ2n) is 2.71. The van der Waals surface area contributed by atoms with E-state index in [1.54, 1.807) is 0 Å². The second kappa shape index (κ2) is 4.22. The standard InChI is InChI=1S/C10H13B/c1-2-9-3-5-10(6-4-9)7-8-11/h3-6H,2,7-8H2,1H3. The molecule has 0 aliphatic carbocycles. The Bertz CT molecular complexity index is 201. The van der Waals surface area contributed by atoms with Crippen LogP contribution in [-0.4, -0.2) is 7.85 Å². The Labute approximate surface area is 70.0 Å². The van der Waals surface area contributed by atoms with Gasteiger partial charge in [0.15, 0.2) is 0 Å². The summed E-state index contributed by atoms with van der Waals surface area (Å²) in [6.07, 6.45) is 2.85. The van der Waals surface area contributed by atoms with Crippen molar-refractivity contribution in [2.24, 2.45) is 0 Å². The van der Waals surface area contributed by atoms with Crippen LogP contribution >= 0.6 is 0 Å². The van der Waals surface area contributed by atoms with Crippen LogP contribution in [0, 0.1) is 0 Å². The minimum atomic E-state index is 0.742. The first-order valence-corrected chi connectivity index (χ1v) is 4.14. The molecule has 1 rings (SSSR count). The number of hydrogen-bond donors (Lipinski definition) is 0. The molecule has 0 bridgehead atoms. The predicted octanol–water partition coefficient (Wildman–Crippen LogP) is 2.38. The molecule has 0 saturated heterocycles. The number of rotatable bonds is 3. The molecule has 0 aliphatic rings. The average molecular weight is 144 g/mol. The third kappa shape index (κ3) is 2.41. The molecule has 0 N–H and O–H groups in total. The van der Waals surface area contributed by atoms with Gasteiger partial charge >= 0.3 is 0 Å². The van der Waals surface area contributed by atoms with Crippen molar-refractivity contribution in [1.82, 2.24) is 0 Å². The van der Waals surface area contributed by atoms with E-state index in [0.29, 0.717) is 0 Å². The van der Waals surface area contributed by atoms with Crippen LogP contribution in [0.4, 0.5) is 0 Å². The fourth-order valence-corrected chi connectivity index (χ4v) is 1.11. The summed E-state index contributed by atoms with van der Waals surface area (Å²) in [5.74, 6) is 0. The normalized spacial score (nSPS) is 9.91. The van der Waals surface area contributed by atoms with E-state index in [0.717, 1.165) is 19.2 Å². The zero-order chi connectivity index (χ0) is 8.10. The van der Waals surface area contributed by atoms with Crippen LogP contribution < -0.4 is 0 Å². The lowest BCUT2D eigenvalue weighted by Crippen LogP contribution is -1.85. The van der Waals surface area contributed by atoms with Gasteiger partial charge in [-0.2, -0.15) is 0 Å². The van der Waals surface area contributed by atoms with Crippen LogP contribution in [0.15, 0.2) is 24.3 Å². The fraction of sp³-hybridized carbons (Fsp3) is 0.400. The molecule has 0 aromatic heterocycles. The molecule has 1 aromatic carbocycles. The van der Waals surface area contributed by atoms with E-state index >= 15 is 0 Å². The summed E-state index contributed by atoms with van der Waals surface area (Å²) in [5.41, 5.74) is 2.73. The Morgan fingerprint density at radius 2 is 1.64 bits per heavy atom. The molecule has 0 atom stereocenters. The average Bonchev–Trinajstić information content (AvgIpc) is 2.07. The summed E-state index contributed by atoms with van der Waals surface area (Å²) >= 11 is 0. The molecule has 56 valence electrons. The Hall–Kier alpha value is -0.715. The molecule has 0 heterocycles. The lowest BCUT2D eigenvalue weighted by atomic mass is 9.97. The third-order valence-electron chi connectivity index (χ3n) is 1.86. The van der Waals surface area contributed by atoms with E-state index in [4.69, 9.17) is 7.85 Å². The van der Waals surface area contributed by atoms with Gasteiger partial charge in [0.25, 0.3) is 0 Å². The first-order valence-electron chi connectivity index (χ1n) is 4.14. The van der Waals surface area contributed by atoms with Gasteiger partial charge < -0.3 is 0 Å². The van der Waals surface area contributed by atoms with Crippen molar-refractivity contribution in [2.45, 2.75) is 26.1 Å². The molecule has 0 fully saturated rings. The second-order valence-corrected chi connectivity index (χ2v) is 2.71. The van der Waals surface area contributed by atoms with Crippen molar-refractivity contribution in [1.29, 1.82) is 0 Å². The minimum absolute atomic E-state index is 0.742. The van der Waals surface area contributed by atoms with Crippen molar-refractivity contribution >= 4 is 7.85 Å². The fourth-order valence-electron chi connectivity index (χ4n) is 1.11. The molecule has 0 saturated carbocycles. The summed E-state index contributed by atoms with van der Waals surface area (Å²) in [4.78, 5) is 0. The van der Waals surface area contributed by atoms with Crippen molar-refractivity contribution in [2.75, 3.05) is 0 Å². The van der Waals surface area contributed by atoms with Crippen LogP contribution in [0.2, 0.25) is 6.32 Å². The van der Waals surface area contributed by atoms with Gasteiger partial charge in [-0.15, -0.1) is 0 Å². The van der Waals surface area contributed by atoms with Crippen molar-refractivity contribution in [3.63, 3.8) is 0 Å². The van der Waals surface area contributed by atoms with Crippen LogP contribution in [0.1, 0.15) is 18.1 Å².